The Hall–Kier alpha value is -2.14. The van der Waals surface area contributed by atoms with Crippen molar-refractivity contribution in [3.8, 4) is 0 Å². The number of hydrogen-bond acceptors (Lipinski definition) is 4. The molecule has 0 radical (unpaired) electrons. The number of carbonyl (C=O) groups excluding carboxylic acids is 2. The van der Waals surface area contributed by atoms with Gasteiger partial charge in [0.2, 0.25) is 5.91 Å². The normalized spacial score (nSPS) is 32.5. The first-order chi connectivity index (χ1) is 12.0. The molecule has 5 heteroatoms. The third-order valence-electron chi connectivity index (χ3n) is 5.26. The van der Waals surface area contributed by atoms with Gasteiger partial charge in [0.1, 0.15) is 18.1 Å². The van der Waals surface area contributed by atoms with Gasteiger partial charge < -0.3 is 14.4 Å². The molecule has 1 amide bonds. The van der Waals surface area contributed by atoms with E-state index in [1.807, 2.05) is 47.4 Å². The summed E-state index contributed by atoms with van der Waals surface area (Å²) >= 11 is 0. The summed E-state index contributed by atoms with van der Waals surface area (Å²) < 4.78 is 11.6. The van der Waals surface area contributed by atoms with Gasteiger partial charge in [0.25, 0.3) is 0 Å². The molecule has 25 heavy (non-hydrogen) atoms. The monoisotopic (exact) mass is 341 g/mol. The van der Waals surface area contributed by atoms with Gasteiger partial charge >= 0.3 is 5.97 Å². The SMILES string of the molecule is CC(C)CN1C[C@@]23C=C[C@H](O2)[C@H](C(=O)OCc2ccccc2)[C@@H]3C1=O. The third kappa shape index (κ3) is 2.67. The second-order valence-corrected chi connectivity index (χ2v) is 7.61. The molecule has 1 spiro atoms. The van der Waals surface area contributed by atoms with Gasteiger partial charge in [0.15, 0.2) is 0 Å². The predicted molar refractivity (Wildman–Crippen MR) is 91.4 cm³/mol. The molecular weight excluding hydrogens is 318 g/mol. The highest BCUT2D eigenvalue weighted by Gasteiger charge is 2.67. The maximum absolute atomic E-state index is 12.9. The van der Waals surface area contributed by atoms with Gasteiger partial charge in [-0.3, -0.25) is 9.59 Å². The van der Waals surface area contributed by atoms with Gasteiger partial charge in [-0.15, -0.1) is 0 Å². The molecule has 3 heterocycles. The van der Waals surface area contributed by atoms with E-state index in [-0.39, 0.29) is 24.6 Å². The summed E-state index contributed by atoms with van der Waals surface area (Å²) in [7, 11) is 0. The fourth-order valence-corrected chi connectivity index (χ4v) is 4.27. The van der Waals surface area contributed by atoms with Crippen molar-refractivity contribution in [3.63, 3.8) is 0 Å². The molecule has 4 atom stereocenters. The molecule has 0 unspecified atom stereocenters. The van der Waals surface area contributed by atoms with Crippen LogP contribution in [-0.2, 0) is 25.7 Å². The van der Waals surface area contributed by atoms with Crippen LogP contribution in [0.4, 0.5) is 0 Å². The van der Waals surface area contributed by atoms with Crippen LogP contribution in [0, 0.1) is 17.8 Å². The number of fused-ring (bicyclic) bond motifs is 1. The van der Waals surface area contributed by atoms with Crippen LogP contribution in [0.15, 0.2) is 42.5 Å². The minimum absolute atomic E-state index is 0.0159. The molecule has 1 aromatic rings. The highest BCUT2D eigenvalue weighted by molar-refractivity contribution is 5.91. The van der Waals surface area contributed by atoms with E-state index in [0.717, 1.165) is 5.56 Å². The van der Waals surface area contributed by atoms with Crippen LogP contribution in [0.5, 0.6) is 0 Å². The van der Waals surface area contributed by atoms with Crippen LogP contribution in [-0.4, -0.2) is 41.6 Å². The van der Waals surface area contributed by atoms with Crippen LogP contribution in [0.2, 0.25) is 0 Å². The number of nitrogens with zero attached hydrogens (tertiary/aromatic N) is 1. The van der Waals surface area contributed by atoms with Gasteiger partial charge in [-0.25, -0.2) is 0 Å². The Morgan fingerprint density at radius 1 is 1.36 bits per heavy atom. The van der Waals surface area contributed by atoms with Crippen molar-refractivity contribution in [2.24, 2.45) is 17.8 Å². The van der Waals surface area contributed by atoms with Crippen molar-refractivity contribution < 1.29 is 19.1 Å². The van der Waals surface area contributed by atoms with E-state index < -0.39 is 17.4 Å². The van der Waals surface area contributed by atoms with E-state index in [4.69, 9.17) is 9.47 Å². The molecule has 4 rings (SSSR count). The standard InChI is InChI=1S/C20H23NO4/c1-13(2)10-21-12-20-9-8-15(25-20)16(17(20)18(21)22)19(23)24-11-14-6-4-3-5-7-14/h3-9,13,15-17H,10-12H2,1-2H3/t15-,16-,17+,20+/m0/s1. The predicted octanol–water partition coefficient (Wildman–Crippen LogP) is 2.17. The molecule has 132 valence electrons. The van der Waals surface area contributed by atoms with E-state index in [9.17, 15) is 9.59 Å². The van der Waals surface area contributed by atoms with Crippen LogP contribution in [0.25, 0.3) is 0 Å². The number of carbonyl (C=O) groups is 2. The molecule has 2 fully saturated rings. The second-order valence-electron chi connectivity index (χ2n) is 7.61. The lowest BCUT2D eigenvalue weighted by Crippen LogP contribution is -2.40. The Bertz CT molecular complexity index is 714. The summed E-state index contributed by atoms with van der Waals surface area (Å²) in [5.41, 5.74) is 0.289. The first kappa shape index (κ1) is 16.3. The minimum atomic E-state index is -0.646. The first-order valence-corrected chi connectivity index (χ1v) is 8.87. The quantitative estimate of drug-likeness (QED) is 0.608. The average molecular weight is 341 g/mol. The molecule has 0 aromatic heterocycles. The molecule has 3 aliphatic rings. The highest BCUT2D eigenvalue weighted by Crippen LogP contribution is 2.52. The molecule has 2 saturated heterocycles. The molecule has 5 nitrogen and oxygen atoms in total. The summed E-state index contributed by atoms with van der Waals surface area (Å²) in [4.78, 5) is 27.4. The number of benzene rings is 1. The lowest BCUT2D eigenvalue weighted by Gasteiger charge is -2.23. The molecule has 2 bridgehead atoms. The second kappa shape index (κ2) is 5.99. The van der Waals surface area contributed by atoms with Crippen molar-refractivity contribution >= 4 is 11.9 Å². The number of esters is 1. The Labute approximate surface area is 147 Å². The fourth-order valence-electron chi connectivity index (χ4n) is 4.27. The van der Waals surface area contributed by atoms with Crippen molar-refractivity contribution in [2.45, 2.75) is 32.2 Å². The Kier molecular flexibility index (Phi) is 3.91. The van der Waals surface area contributed by atoms with Crippen molar-refractivity contribution in [3.05, 3.63) is 48.0 Å². The van der Waals surface area contributed by atoms with Gasteiger partial charge in [0, 0.05) is 6.54 Å². The number of ether oxygens (including phenoxy) is 2. The van der Waals surface area contributed by atoms with Crippen molar-refractivity contribution in [2.75, 3.05) is 13.1 Å². The summed E-state index contributed by atoms with van der Waals surface area (Å²) in [5.74, 6) is -0.946. The zero-order valence-electron chi connectivity index (χ0n) is 14.6. The lowest BCUT2D eigenvalue weighted by atomic mass is 9.77. The Morgan fingerprint density at radius 2 is 2.12 bits per heavy atom. The Balaban J connectivity index is 1.50. The van der Waals surface area contributed by atoms with E-state index in [1.54, 1.807) is 0 Å². The summed E-state index contributed by atoms with van der Waals surface area (Å²) in [6.07, 6.45) is 3.54. The summed E-state index contributed by atoms with van der Waals surface area (Å²) in [5, 5.41) is 0. The average Bonchev–Trinajstić information content (AvgIpc) is 3.22. The van der Waals surface area contributed by atoms with Gasteiger partial charge in [-0.1, -0.05) is 56.3 Å². The Morgan fingerprint density at radius 3 is 2.84 bits per heavy atom. The van der Waals surface area contributed by atoms with Crippen LogP contribution < -0.4 is 0 Å². The van der Waals surface area contributed by atoms with E-state index in [2.05, 4.69) is 13.8 Å². The fraction of sp³-hybridized carbons (Fsp3) is 0.500. The molecule has 0 aliphatic carbocycles. The van der Waals surface area contributed by atoms with E-state index >= 15 is 0 Å². The van der Waals surface area contributed by atoms with E-state index in [0.29, 0.717) is 19.0 Å². The summed E-state index contributed by atoms with van der Waals surface area (Å²) in [6, 6.07) is 9.57. The number of likely N-dealkylation sites (tertiary alicyclic amines) is 1. The molecular formula is C20H23NO4. The summed E-state index contributed by atoms with van der Waals surface area (Å²) in [6.45, 7) is 5.60. The van der Waals surface area contributed by atoms with Crippen molar-refractivity contribution in [1.82, 2.24) is 4.90 Å². The van der Waals surface area contributed by atoms with Gasteiger partial charge in [0.05, 0.1) is 18.6 Å². The van der Waals surface area contributed by atoms with Crippen molar-refractivity contribution in [1.29, 1.82) is 0 Å². The highest BCUT2D eigenvalue weighted by atomic mass is 16.6. The molecule has 0 saturated carbocycles. The van der Waals surface area contributed by atoms with Crippen LogP contribution >= 0.6 is 0 Å². The third-order valence-corrected chi connectivity index (χ3v) is 5.26. The number of hydrogen-bond donors (Lipinski definition) is 0. The molecule has 1 aromatic carbocycles. The molecule has 3 aliphatic heterocycles. The van der Waals surface area contributed by atoms with Gasteiger partial charge in [-0.05, 0) is 11.5 Å². The topological polar surface area (TPSA) is 55.8 Å². The van der Waals surface area contributed by atoms with Crippen LogP contribution in [0.3, 0.4) is 0 Å². The zero-order chi connectivity index (χ0) is 17.6. The smallest absolute Gasteiger partial charge is 0.313 e. The number of rotatable bonds is 5. The lowest BCUT2D eigenvalue weighted by molar-refractivity contribution is -0.155. The largest absolute Gasteiger partial charge is 0.460 e. The minimum Gasteiger partial charge on any atom is -0.460 e. The van der Waals surface area contributed by atoms with Crippen LogP contribution in [0.1, 0.15) is 19.4 Å². The number of amides is 1. The van der Waals surface area contributed by atoms with E-state index in [1.165, 1.54) is 0 Å². The first-order valence-electron chi connectivity index (χ1n) is 8.87. The molecule has 0 N–H and O–H groups in total. The zero-order valence-corrected chi connectivity index (χ0v) is 14.6. The maximum atomic E-state index is 12.9. The maximum Gasteiger partial charge on any atom is 0.313 e. The van der Waals surface area contributed by atoms with Gasteiger partial charge in [-0.2, -0.15) is 0 Å².